The molecule has 0 rings (SSSR count). The number of hydrogen-bond donors (Lipinski definition) is 3. The van der Waals surface area contributed by atoms with Crippen LogP contribution in [0.2, 0.25) is 0 Å². The monoisotopic (exact) mass is 1080 g/mol. The third kappa shape index (κ3) is 63.4. The van der Waals surface area contributed by atoms with Crippen molar-refractivity contribution in [2.75, 3.05) is 13.2 Å². The van der Waals surface area contributed by atoms with Crippen molar-refractivity contribution >= 4 is 11.9 Å². The molecular weight excluding hydrogens is 947 g/mol. The second-order valence-electron chi connectivity index (χ2n) is 24.2. The zero-order valence-electron chi connectivity index (χ0n) is 52.2. The normalized spacial score (nSPS) is 12.6. The van der Waals surface area contributed by atoms with E-state index in [2.05, 4.69) is 43.5 Å². The van der Waals surface area contributed by atoms with Crippen LogP contribution < -0.4 is 5.32 Å². The van der Waals surface area contributed by atoms with Crippen molar-refractivity contribution in [2.45, 2.75) is 405 Å². The predicted octanol–water partition coefficient (Wildman–Crippen LogP) is 22.5. The molecule has 6 nitrogen and oxygen atoms in total. The van der Waals surface area contributed by atoms with Crippen LogP contribution in [-0.4, -0.2) is 47.4 Å². The van der Waals surface area contributed by atoms with E-state index >= 15 is 0 Å². The Morgan fingerprint density at radius 2 is 0.649 bits per heavy atom. The van der Waals surface area contributed by atoms with E-state index in [1.807, 2.05) is 0 Å². The highest BCUT2D eigenvalue weighted by molar-refractivity contribution is 5.76. The van der Waals surface area contributed by atoms with Crippen LogP contribution in [0, 0.1) is 0 Å². The molecule has 2 atom stereocenters. The van der Waals surface area contributed by atoms with Crippen molar-refractivity contribution < 1.29 is 24.5 Å². The third-order valence-corrected chi connectivity index (χ3v) is 16.5. The summed E-state index contributed by atoms with van der Waals surface area (Å²) in [6.45, 7) is 4.89. The quantitative estimate of drug-likeness (QED) is 0.0320. The number of nitrogens with one attached hydrogen (secondary N) is 1. The second-order valence-corrected chi connectivity index (χ2v) is 24.2. The molecule has 3 N–H and O–H groups in total. The maximum Gasteiger partial charge on any atom is 0.305 e. The molecule has 0 aromatic heterocycles. The molecule has 1 amide bonds. The van der Waals surface area contributed by atoms with Gasteiger partial charge in [0, 0.05) is 12.8 Å². The number of carbonyl (C=O) groups excluding carboxylic acids is 2. The summed E-state index contributed by atoms with van der Waals surface area (Å²) in [5.74, 6) is -0.0650. The zero-order chi connectivity index (χ0) is 55.7. The number of unbranched alkanes of at least 4 members (excludes halogenated alkanes) is 51. The first kappa shape index (κ1) is 75.3. The van der Waals surface area contributed by atoms with Gasteiger partial charge in [0.25, 0.3) is 0 Å². The van der Waals surface area contributed by atoms with Crippen molar-refractivity contribution in [3.05, 3.63) is 24.3 Å². The summed E-state index contributed by atoms with van der Waals surface area (Å²) in [6.07, 6.45) is 83.8. The highest BCUT2D eigenvalue weighted by Gasteiger charge is 2.20. The summed E-state index contributed by atoms with van der Waals surface area (Å²) >= 11 is 0. The number of aliphatic hydroxyl groups is 2. The van der Waals surface area contributed by atoms with E-state index in [0.717, 1.165) is 51.4 Å². The molecule has 2 unspecified atom stereocenters. The van der Waals surface area contributed by atoms with Gasteiger partial charge in [0.1, 0.15) is 0 Å². The van der Waals surface area contributed by atoms with Crippen LogP contribution in [0.3, 0.4) is 0 Å². The van der Waals surface area contributed by atoms with Crippen molar-refractivity contribution in [1.29, 1.82) is 0 Å². The number of ether oxygens (including phenoxy) is 1. The molecule has 0 aliphatic heterocycles. The van der Waals surface area contributed by atoms with Gasteiger partial charge in [0.15, 0.2) is 0 Å². The highest BCUT2D eigenvalue weighted by Crippen LogP contribution is 2.19. The van der Waals surface area contributed by atoms with E-state index in [4.69, 9.17) is 4.74 Å². The Bertz CT molecular complexity index is 1200. The van der Waals surface area contributed by atoms with Crippen LogP contribution in [0.1, 0.15) is 393 Å². The Labute approximate surface area is 481 Å². The van der Waals surface area contributed by atoms with E-state index in [0.29, 0.717) is 25.9 Å². The average Bonchev–Trinajstić information content (AvgIpc) is 3.43. The number of amides is 1. The number of rotatable bonds is 66. The standard InChI is InChI=1S/C71H137NO5/c1-3-5-7-9-11-13-15-17-19-21-23-28-31-35-39-43-47-51-55-59-63-69(74)68(67-73)72-70(75)64-60-56-52-48-44-40-36-32-29-25-24-26-30-34-38-42-46-50-54-58-62-66-77-71(76)65-61-57-53-49-45-41-37-33-27-22-20-18-16-14-12-10-8-6-4-2/h42,46,54,58,68-69,73-74H,3-41,43-45,47-53,55-57,59-67H2,1-2H3,(H,72,75)/b46-42-,58-54-. The smallest absolute Gasteiger partial charge is 0.305 e. The second kappa shape index (κ2) is 66.8. The summed E-state index contributed by atoms with van der Waals surface area (Å²) in [6, 6.07) is -0.546. The summed E-state index contributed by atoms with van der Waals surface area (Å²) in [5, 5.41) is 23.4. The molecule has 0 saturated heterocycles. The lowest BCUT2D eigenvalue weighted by molar-refractivity contribution is -0.143. The van der Waals surface area contributed by atoms with Crippen LogP contribution in [0.15, 0.2) is 24.3 Å². The van der Waals surface area contributed by atoms with Gasteiger partial charge in [-0.1, -0.05) is 359 Å². The van der Waals surface area contributed by atoms with E-state index in [-0.39, 0.29) is 18.5 Å². The summed E-state index contributed by atoms with van der Waals surface area (Å²) in [7, 11) is 0. The molecule has 77 heavy (non-hydrogen) atoms. The van der Waals surface area contributed by atoms with Gasteiger partial charge in [0.05, 0.1) is 25.4 Å². The third-order valence-electron chi connectivity index (χ3n) is 16.5. The molecule has 0 spiro atoms. The molecule has 0 heterocycles. The van der Waals surface area contributed by atoms with Crippen LogP contribution in [0.5, 0.6) is 0 Å². The lowest BCUT2D eigenvalue weighted by Gasteiger charge is -2.22. The fourth-order valence-electron chi connectivity index (χ4n) is 11.2. The fourth-order valence-corrected chi connectivity index (χ4v) is 11.2. The minimum atomic E-state index is -0.669. The number of hydrogen-bond acceptors (Lipinski definition) is 5. The molecule has 0 aromatic rings. The van der Waals surface area contributed by atoms with Crippen molar-refractivity contribution in [1.82, 2.24) is 5.32 Å². The van der Waals surface area contributed by atoms with Gasteiger partial charge < -0.3 is 20.3 Å². The molecule has 0 aliphatic carbocycles. The first-order valence-electron chi connectivity index (χ1n) is 35.1. The Balaban J connectivity index is 3.42. The van der Waals surface area contributed by atoms with Crippen molar-refractivity contribution in [3.8, 4) is 0 Å². The molecule has 0 bridgehead atoms. The van der Waals surface area contributed by atoms with Gasteiger partial charge in [-0.25, -0.2) is 0 Å². The van der Waals surface area contributed by atoms with Crippen LogP contribution in [0.4, 0.5) is 0 Å². The fraction of sp³-hybridized carbons (Fsp3) is 0.915. The molecule has 6 heteroatoms. The van der Waals surface area contributed by atoms with Crippen molar-refractivity contribution in [2.24, 2.45) is 0 Å². The minimum Gasteiger partial charge on any atom is -0.465 e. The van der Waals surface area contributed by atoms with Crippen LogP contribution in [-0.2, 0) is 14.3 Å². The SMILES string of the molecule is CCCCCCCCCCCCCCCCCCCCCCC(O)C(CO)NC(=O)CCCCCCCCCCCCCCCC/C=C\C/C=C\CCOC(=O)CCCCCCCCCCCCCCCCCCCCC. The Hall–Kier alpha value is -1.66. The predicted molar refractivity (Wildman–Crippen MR) is 338 cm³/mol. The molecular formula is C71H137NO5. The Kier molecular flexibility index (Phi) is 65.4. The van der Waals surface area contributed by atoms with E-state index in [9.17, 15) is 19.8 Å². The van der Waals surface area contributed by atoms with Crippen molar-refractivity contribution in [3.63, 3.8) is 0 Å². The summed E-state index contributed by atoms with van der Waals surface area (Å²) in [4.78, 5) is 24.6. The minimum absolute atomic E-state index is 0.0294. The molecule has 456 valence electrons. The summed E-state index contributed by atoms with van der Waals surface area (Å²) < 4.78 is 5.44. The molecule has 0 aromatic carbocycles. The maximum absolute atomic E-state index is 12.5. The average molecular weight is 1080 g/mol. The van der Waals surface area contributed by atoms with Gasteiger partial charge in [-0.15, -0.1) is 0 Å². The maximum atomic E-state index is 12.5. The van der Waals surface area contributed by atoms with Crippen LogP contribution in [0.25, 0.3) is 0 Å². The van der Waals surface area contributed by atoms with Gasteiger partial charge >= 0.3 is 5.97 Å². The van der Waals surface area contributed by atoms with E-state index in [1.165, 1.54) is 308 Å². The van der Waals surface area contributed by atoms with Gasteiger partial charge in [-0.05, 0) is 44.9 Å². The topological polar surface area (TPSA) is 95.9 Å². The first-order valence-corrected chi connectivity index (χ1v) is 35.1. The highest BCUT2D eigenvalue weighted by atomic mass is 16.5. The largest absolute Gasteiger partial charge is 0.465 e. The van der Waals surface area contributed by atoms with Crippen LogP contribution >= 0.6 is 0 Å². The van der Waals surface area contributed by atoms with Gasteiger partial charge in [0.2, 0.25) is 5.91 Å². The Morgan fingerprint density at radius 1 is 0.364 bits per heavy atom. The first-order chi connectivity index (χ1) is 38.0. The van der Waals surface area contributed by atoms with E-state index in [1.54, 1.807) is 0 Å². The number of aliphatic hydroxyl groups excluding tert-OH is 2. The van der Waals surface area contributed by atoms with E-state index < -0.39 is 12.1 Å². The van der Waals surface area contributed by atoms with Gasteiger partial charge in [-0.2, -0.15) is 0 Å². The lowest BCUT2D eigenvalue weighted by Crippen LogP contribution is -2.45. The molecule has 0 saturated carbocycles. The zero-order valence-corrected chi connectivity index (χ0v) is 52.2. The lowest BCUT2D eigenvalue weighted by atomic mass is 10.0. The Morgan fingerprint density at radius 3 is 0.987 bits per heavy atom. The molecule has 0 fully saturated rings. The number of allylic oxidation sites excluding steroid dienone is 3. The number of esters is 1. The molecule has 0 radical (unpaired) electrons. The number of carbonyl (C=O) groups is 2. The van der Waals surface area contributed by atoms with Gasteiger partial charge in [-0.3, -0.25) is 9.59 Å². The summed E-state index contributed by atoms with van der Waals surface area (Å²) in [5.41, 5.74) is 0. The molecule has 0 aliphatic rings.